The first-order valence-corrected chi connectivity index (χ1v) is 11.3. The lowest BCUT2D eigenvalue weighted by atomic mass is 9.85. The molecule has 9 nitrogen and oxygen atoms in total. The first-order chi connectivity index (χ1) is 16.8. The molecule has 2 heterocycles. The Morgan fingerprint density at radius 3 is 2.14 bits per heavy atom. The molecule has 1 unspecified atom stereocenters. The molecule has 0 saturated heterocycles. The molecule has 9 heteroatoms. The molecule has 4 rings (SSSR count). The van der Waals surface area contributed by atoms with Crippen molar-refractivity contribution < 1.29 is 29.1 Å². The number of rotatable bonds is 8. The molecule has 0 spiro atoms. The Balaban J connectivity index is 1.73. The maximum atomic E-state index is 13.5. The van der Waals surface area contributed by atoms with Gasteiger partial charge in [-0.25, -0.2) is 4.79 Å². The van der Waals surface area contributed by atoms with Gasteiger partial charge in [0.05, 0.1) is 17.2 Å². The molecule has 35 heavy (non-hydrogen) atoms. The highest BCUT2D eigenvalue weighted by molar-refractivity contribution is 6.21. The van der Waals surface area contributed by atoms with Crippen LogP contribution in [-0.4, -0.2) is 44.1 Å². The Kier molecular flexibility index (Phi) is 6.50. The van der Waals surface area contributed by atoms with Gasteiger partial charge in [-0.05, 0) is 42.3 Å². The lowest BCUT2D eigenvalue weighted by molar-refractivity contribution is -0.117. The molecule has 0 radical (unpaired) electrons. The number of aliphatic hydroxyl groups is 1. The maximum Gasteiger partial charge on any atom is 0.335 e. The number of carbonyl (C=O) groups is 3. The highest BCUT2D eigenvalue weighted by atomic mass is 16.5. The quantitative estimate of drug-likeness (QED) is 0.452. The van der Waals surface area contributed by atoms with Crippen molar-refractivity contribution in [3.8, 4) is 11.4 Å². The van der Waals surface area contributed by atoms with Crippen molar-refractivity contribution in [1.29, 1.82) is 0 Å². The molecular formula is C26H25N3O6. The predicted molar refractivity (Wildman–Crippen MR) is 127 cm³/mol. The van der Waals surface area contributed by atoms with Gasteiger partial charge in [-0.1, -0.05) is 44.0 Å². The summed E-state index contributed by atoms with van der Waals surface area (Å²) in [6.07, 6.45) is 1.35. The van der Waals surface area contributed by atoms with Crippen LogP contribution in [0.2, 0.25) is 0 Å². The van der Waals surface area contributed by atoms with Gasteiger partial charge in [-0.2, -0.15) is 4.98 Å². The SMILES string of the molecule is CCC(CC)C1C(C(=O)c2ccc(C(=O)O)cc2)=C(O)C(=O)N1c1ccc(-c2noc(C)n2)cc1. The first kappa shape index (κ1) is 23.9. The van der Waals surface area contributed by atoms with Gasteiger partial charge in [0.15, 0.2) is 11.5 Å². The number of aromatic carboxylic acids is 1. The average Bonchev–Trinajstić information content (AvgIpc) is 3.41. The van der Waals surface area contributed by atoms with Crippen LogP contribution in [0.1, 0.15) is 53.3 Å². The fraction of sp³-hybridized carbons (Fsp3) is 0.269. The van der Waals surface area contributed by atoms with Gasteiger partial charge >= 0.3 is 5.97 Å². The number of hydrogen-bond acceptors (Lipinski definition) is 7. The van der Waals surface area contributed by atoms with E-state index in [9.17, 15) is 19.5 Å². The molecule has 0 aliphatic carbocycles. The van der Waals surface area contributed by atoms with Crippen molar-refractivity contribution in [1.82, 2.24) is 10.1 Å². The van der Waals surface area contributed by atoms with Gasteiger partial charge < -0.3 is 14.7 Å². The third kappa shape index (κ3) is 4.32. The third-order valence-electron chi connectivity index (χ3n) is 6.32. The minimum absolute atomic E-state index is 0.0182. The molecule has 0 bridgehead atoms. The number of benzene rings is 2. The number of aryl methyl sites for hydroxylation is 1. The smallest absolute Gasteiger partial charge is 0.335 e. The van der Waals surface area contributed by atoms with E-state index in [0.29, 0.717) is 35.8 Å². The van der Waals surface area contributed by atoms with Crippen molar-refractivity contribution in [3.05, 3.63) is 76.9 Å². The number of hydrogen-bond donors (Lipinski definition) is 2. The van der Waals surface area contributed by atoms with Gasteiger partial charge in [0.2, 0.25) is 11.7 Å². The Labute approximate surface area is 201 Å². The average molecular weight is 476 g/mol. The monoisotopic (exact) mass is 475 g/mol. The molecule has 1 atom stereocenters. The van der Waals surface area contributed by atoms with Gasteiger partial charge in [0, 0.05) is 23.7 Å². The number of carbonyl (C=O) groups excluding carboxylic acids is 2. The van der Waals surface area contributed by atoms with Crippen LogP contribution in [0.4, 0.5) is 5.69 Å². The van der Waals surface area contributed by atoms with E-state index in [1.165, 1.54) is 29.2 Å². The van der Waals surface area contributed by atoms with Crippen LogP contribution in [0.25, 0.3) is 11.4 Å². The van der Waals surface area contributed by atoms with E-state index in [4.69, 9.17) is 9.63 Å². The van der Waals surface area contributed by atoms with Crippen molar-refractivity contribution >= 4 is 23.3 Å². The van der Waals surface area contributed by atoms with Gasteiger partial charge in [0.1, 0.15) is 0 Å². The molecule has 1 amide bonds. The summed E-state index contributed by atoms with van der Waals surface area (Å²) in [5.74, 6) is -2.11. The molecule has 2 N–H and O–H groups in total. The highest BCUT2D eigenvalue weighted by Crippen LogP contribution is 2.38. The zero-order chi connectivity index (χ0) is 25.3. The normalized spacial score (nSPS) is 15.8. The van der Waals surface area contributed by atoms with Gasteiger partial charge in [-0.3, -0.25) is 14.5 Å². The maximum absolute atomic E-state index is 13.5. The number of carboxylic acids is 1. The number of amides is 1. The lowest BCUT2D eigenvalue weighted by Gasteiger charge is -2.32. The summed E-state index contributed by atoms with van der Waals surface area (Å²) in [5, 5.41) is 23.9. The van der Waals surface area contributed by atoms with Crippen LogP contribution in [0.3, 0.4) is 0 Å². The van der Waals surface area contributed by atoms with E-state index in [2.05, 4.69) is 10.1 Å². The fourth-order valence-electron chi connectivity index (χ4n) is 4.43. The summed E-state index contributed by atoms with van der Waals surface area (Å²) >= 11 is 0. The van der Waals surface area contributed by atoms with Crippen LogP contribution in [-0.2, 0) is 4.79 Å². The number of nitrogens with zero attached hydrogens (tertiary/aromatic N) is 3. The van der Waals surface area contributed by atoms with Gasteiger partial charge in [-0.15, -0.1) is 0 Å². The van der Waals surface area contributed by atoms with E-state index in [1.807, 2.05) is 13.8 Å². The predicted octanol–water partition coefficient (Wildman–Crippen LogP) is 4.59. The Morgan fingerprint density at radius 1 is 1.03 bits per heavy atom. The summed E-state index contributed by atoms with van der Waals surface area (Å²) in [4.78, 5) is 43.6. The standard InChI is InChI=1S/C26H25N3O6/c1-4-15(5-2)21-20(22(30)16-6-8-18(9-7-16)26(33)34)23(31)25(32)29(21)19-12-10-17(11-13-19)24-27-14(3)35-28-24/h6-13,15,21,31H,4-5H2,1-3H3,(H,33,34). The third-order valence-corrected chi connectivity index (χ3v) is 6.32. The van der Waals surface area contributed by atoms with Crippen LogP contribution in [0.15, 0.2) is 64.4 Å². The Morgan fingerprint density at radius 2 is 1.63 bits per heavy atom. The molecule has 3 aromatic rings. The first-order valence-electron chi connectivity index (χ1n) is 11.3. The molecule has 1 aromatic heterocycles. The minimum Gasteiger partial charge on any atom is -0.503 e. The summed E-state index contributed by atoms with van der Waals surface area (Å²) in [7, 11) is 0. The lowest BCUT2D eigenvalue weighted by Crippen LogP contribution is -2.42. The van der Waals surface area contributed by atoms with E-state index < -0.39 is 29.5 Å². The summed E-state index contributed by atoms with van der Waals surface area (Å²) in [6.45, 7) is 5.63. The zero-order valence-corrected chi connectivity index (χ0v) is 19.6. The number of aliphatic hydroxyl groups excluding tert-OH is 1. The van der Waals surface area contributed by atoms with Crippen LogP contribution in [0.5, 0.6) is 0 Å². The summed E-state index contributed by atoms with van der Waals surface area (Å²) in [5.41, 5.74) is 1.47. The molecule has 0 saturated carbocycles. The van der Waals surface area contributed by atoms with E-state index in [0.717, 1.165) is 0 Å². The molecule has 0 fully saturated rings. The molecule has 1 aliphatic heterocycles. The highest BCUT2D eigenvalue weighted by Gasteiger charge is 2.46. The van der Waals surface area contributed by atoms with E-state index in [-0.39, 0.29) is 22.6 Å². The molecule has 1 aliphatic rings. The topological polar surface area (TPSA) is 134 Å². The fourth-order valence-corrected chi connectivity index (χ4v) is 4.43. The van der Waals surface area contributed by atoms with Crippen molar-refractivity contribution in [2.24, 2.45) is 5.92 Å². The van der Waals surface area contributed by atoms with Crippen molar-refractivity contribution in [3.63, 3.8) is 0 Å². The largest absolute Gasteiger partial charge is 0.503 e. The number of Topliss-reactive ketones (excluding diaryl/α,β-unsaturated/α-hetero) is 1. The van der Waals surface area contributed by atoms with E-state index >= 15 is 0 Å². The van der Waals surface area contributed by atoms with Crippen LogP contribution in [0, 0.1) is 12.8 Å². The minimum atomic E-state index is -1.11. The summed E-state index contributed by atoms with van der Waals surface area (Å²) in [6, 6.07) is 11.7. The second-order valence-corrected chi connectivity index (χ2v) is 8.35. The molecular weight excluding hydrogens is 450 g/mol. The Bertz CT molecular complexity index is 1300. The van der Waals surface area contributed by atoms with Gasteiger partial charge in [0.25, 0.3) is 5.91 Å². The van der Waals surface area contributed by atoms with Crippen molar-refractivity contribution in [2.45, 2.75) is 39.7 Å². The number of ketones is 1. The second-order valence-electron chi connectivity index (χ2n) is 8.35. The van der Waals surface area contributed by atoms with E-state index in [1.54, 1.807) is 31.2 Å². The number of aromatic nitrogens is 2. The van der Waals surface area contributed by atoms with Crippen LogP contribution < -0.4 is 4.90 Å². The van der Waals surface area contributed by atoms with Crippen LogP contribution >= 0.6 is 0 Å². The molecule has 2 aromatic carbocycles. The number of carboxylic acid groups (broad SMARTS) is 1. The summed E-state index contributed by atoms with van der Waals surface area (Å²) < 4.78 is 5.03. The van der Waals surface area contributed by atoms with Crippen molar-refractivity contribution in [2.75, 3.05) is 4.90 Å². The number of anilines is 1. The zero-order valence-electron chi connectivity index (χ0n) is 19.6. The molecule has 180 valence electrons. The Hall–Kier alpha value is -4.27. The second kappa shape index (κ2) is 9.54.